The van der Waals surface area contributed by atoms with Crippen LogP contribution >= 0.6 is 0 Å². The maximum Gasteiger partial charge on any atom is 0.329 e. The largest absolute Gasteiger partial charge is 0.480 e. The minimum atomic E-state index is -1.23. The van der Waals surface area contributed by atoms with E-state index in [4.69, 9.17) is 25.1 Å². The SMILES string of the molecule is CC(C)CC(NC(=O)CCOCCOCCNC(=O)CCN1C(=O)C=CC1=O)C(=O)N[C@@H](CCC(N)=O)C(=O)NCOCC(=O)O. The molecule has 18 nitrogen and oxygen atoms in total. The summed E-state index contributed by atoms with van der Waals surface area (Å²) in [7, 11) is 0. The lowest BCUT2D eigenvalue weighted by Crippen LogP contribution is -2.54. The first-order chi connectivity index (χ1) is 21.8. The van der Waals surface area contributed by atoms with Crippen molar-refractivity contribution in [3.05, 3.63) is 12.2 Å². The van der Waals surface area contributed by atoms with E-state index in [1.807, 2.05) is 13.8 Å². The second-order valence-electron chi connectivity index (χ2n) is 10.5. The summed E-state index contributed by atoms with van der Waals surface area (Å²) in [6.45, 7) is 3.38. The lowest BCUT2D eigenvalue weighted by atomic mass is 10.0. The Balaban J connectivity index is 2.36. The van der Waals surface area contributed by atoms with Gasteiger partial charge in [0.2, 0.25) is 29.5 Å². The topological polar surface area (TPSA) is 262 Å². The first kappa shape index (κ1) is 39.6. The smallest absolute Gasteiger partial charge is 0.329 e. The van der Waals surface area contributed by atoms with Crippen molar-refractivity contribution in [2.75, 3.05) is 52.9 Å². The molecule has 0 spiro atoms. The van der Waals surface area contributed by atoms with Crippen molar-refractivity contribution >= 4 is 47.3 Å². The molecule has 0 aromatic carbocycles. The predicted octanol–water partition coefficient (Wildman–Crippen LogP) is -2.70. The Morgan fingerprint density at radius 2 is 1.46 bits per heavy atom. The Morgan fingerprint density at radius 3 is 2.07 bits per heavy atom. The van der Waals surface area contributed by atoms with Crippen molar-refractivity contribution < 1.29 is 57.7 Å². The highest BCUT2D eigenvalue weighted by molar-refractivity contribution is 6.13. The second-order valence-corrected chi connectivity index (χ2v) is 10.5. The number of nitrogens with one attached hydrogen (secondary N) is 4. The number of carboxylic acid groups (broad SMARTS) is 1. The number of aliphatic carboxylic acids is 1. The Bertz CT molecular complexity index is 1090. The molecule has 0 bridgehead atoms. The number of carbonyl (C=O) groups is 8. The summed E-state index contributed by atoms with van der Waals surface area (Å²) >= 11 is 0. The van der Waals surface area contributed by atoms with Crippen LogP contribution in [-0.4, -0.2) is 122 Å². The average Bonchev–Trinajstić information content (AvgIpc) is 3.30. The molecule has 1 heterocycles. The Hall–Kier alpha value is -4.42. The van der Waals surface area contributed by atoms with E-state index >= 15 is 0 Å². The van der Waals surface area contributed by atoms with Crippen LogP contribution in [0, 0.1) is 5.92 Å². The summed E-state index contributed by atoms with van der Waals surface area (Å²) in [5.41, 5.74) is 5.18. The molecule has 7 amide bonds. The number of rotatable bonds is 25. The molecular formula is C28H44N6O12. The molecule has 1 aliphatic rings. The lowest BCUT2D eigenvalue weighted by molar-refractivity contribution is -0.143. The summed E-state index contributed by atoms with van der Waals surface area (Å²) in [5, 5.41) is 18.7. The van der Waals surface area contributed by atoms with E-state index in [1.54, 1.807) is 0 Å². The van der Waals surface area contributed by atoms with Crippen LogP contribution in [0.5, 0.6) is 0 Å². The highest BCUT2D eigenvalue weighted by Crippen LogP contribution is 2.08. The normalized spacial score (nSPS) is 13.8. The van der Waals surface area contributed by atoms with Crippen molar-refractivity contribution in [3.63, 3.8) is 0 Å². The molecule has 1 rings (SSSR count). The van der Waals surface area contributed by atoms with Crippen molar-refractivity contribution in [2.24, 2.45) is 11.7 Å². The van der Waals surface area contributed by atoms with E-state index in [-0.39, 0.29) is 83.4 Å². The molecule has 0 aromatic rings. The van der Waals surface area contributed by atoms with E-state index in [2.05, 4.69) is 21.3 Å². The van der Waals surface area contributed by atoms with Crippen LogP contribution in [0.15, 0.2) is 12.2 Å². The highest BCUT2D eigenvalue weighted by atomic mass is 16.5. The number of nitrogens with two attached hydrogens (primary N) is 1. The van der Waals surface area contributed by atoms with Gasteiger partial charge in [-0.2, -0.15) is 0 Å². The Labute approximate surface area is 266 Å². The number of nitrogens with zero attached hydrogens (tertiary/aromatic N) is 1. The van der Waals surface area contributed by atoms with Crippen LogP contribution in [0.25, 0.3) is 0 Å². The fraction of sp³-hybridized carbons (Fsp3) is 0.643. The molecule has 258 valence electrons. The number of primary amides is 1. The minimum absolute atomic E-state index is 0.00711. The second kappa shape index (κ2) is 22.1. The maximum absolute atomic E-state index is 13.0. The van der Waals surface area contributed by atoms with Gasteiger partial charge in [-0.25, -0.2) is 4.79 Å². The fourth-order valence-electron chi connectivity index (χ4n) is 3.88. The summed E-state index contributed by atoms with van der Waals surface area (Å²) < 4.78 is 15.5. The molecule has 18 heteroatoms. The summed E-state index contributed by atoms with van der Waals surface area (Å²) in [5.74, 6) is -5.03. The summed E-state index contributed by atoms with van der Waals surface area (Å²) in [6.07, 6.45) is 2.11. The molecule has 46 heavy (non-hydrogen) atoms. The van der Waals surface area contributed by atoms with Crippen molar-refractivity contribution in [2.45, 2.75) is 58.0 Å². The van der Waals surface area contributed by atoms with Gasteiger partial charge in [0.05, 0.1) is 26.4 Å². The van der Waals surface area contributed by atoms with Crippen molar-refractivity contribution in [3.8, 4) is 0 Å². The van der Waals surface area contributed by atoms with Gasteiger partial charge in [0.1, 0.15) is 25.4 Å². The van der Waals surface area contributed by atoms with Crippen LogP contribution in [0.4, 0.5) is 0 Å². The highest BCUT2D eigenvalue weighted by Gasteiger charge is 2.28. The van der Waals surface area contributed by atoms with E-state index in [0.717, 1.165) is 17.1 Å². The minimum Gasteiger partial charge on any atom is -0.480 e. The molecule has 0 saturated heterocycles. The molecule has 2 atom stereocenters. The third-order valence-electron chi connectivity index (χ3n) is 6.12. The van der Waals surface area contributed by atoms with E-state index in [0.29, 0.717) is 0 Å². The number of amides is 7. The fourth-order valence-corrected chi connectivity index (χ4v) is 3.88. The third kappa shape index (κ3) is 17.8. The number of imide groups is 1. The van der Waals surface area contributed by atoms with Crippen LogP contribution in [0.1, 0.15) is 46.0 Å². The van der Waals surface area contributed by atoms with Gasteiger partial charge in [-0.05, 0) is 18.8 Å². The summed E-state index contributed by atoms with van der Waals surface area (Å²) in [4.78, 5) is 95.7. The number of carbonyl (C=O) groups excluding carboxylic acids is 7. The standard InChI is InChI=1S/C28H44N6O12/c1-18(2)15-20(28(43)33-19(3-4-21(29)35)27(42)31-17-46-16-26(40)41)32-23(37)8-11-44-13-14-45-12-9-30-22(36)7-10-34-24(38)5-6-25(34)39/h5-6,18-20H,3-4,7-17H2,1-2H3,(H2,29,35)(H,30,36)(H,31,42)(H,32,37)(H,33,43)(H,40,41)/t19-,20?/m0/s1. The van der Waals surface area contributed by atoms with Crippen LogP contribution < -0.4 is 27.0 Å². The zero-order valence-electron chi connectivity index (χ0n) is 26.0. The first-order valence-electron chi connectivity index (χ1n) is 14.7. The molecule has 0 aliphatic carbocycles. The quantitative estimate of drug-likeness (QED) is 0.0333. The molecule has 0 radical (unpaired) electrons. The van der Waals surface area contributed by atoms with E-state index in [9.17, 15) is 38.4 Å². The zero-order valence-corrected chi connectivity index (χ0v) is 26.0. The number of hydrogen-bond donors (Lipinski definition) is 6. The van der Waals surface area contributed by atoms with Gasteiger partial charge in [0.25, 0.3) is 11.8 Å². The van der Waals surface area contributed by atoms with E-state index in [1.165, 1.54) is 0 Å². The number of hydrogen-bond acceptors (Lipinski definition) is 11. The third-order valence-corrected chi connectivity index (χ3v) is 6.12. The van der Waals surface area contributed by atoms with Crippen molar-refractivity contribution in [1.82, 2.24) is 26.2 Å². The molecule has 0 saturated carbocycles. The molecule has 0 aromatic heterocycles. The van der Waals surface area contributed by atoms with Gasteiger partial charge < -0.3 is 46.3 Å². The van der Waals surface area contributed by atoms with Crippen LogP contribution in [0.2, 0.25) is 0 Å². The molecule has 1 aliphatic heterocycles. The Morgan fingerprint density at radius 1 is 0.804 bits per heavy atom. The summed E-state index contributed by atoms with van der Waals surface area (Å²) in [6, 6.07) is -2.19. The maximum atomic E-state index is 13.0. The Kier molecular flexibility index (Phi) is 19.1. The van der Waals surface area contributed by atoms with Gasteiger partial charge in [-0.15, -0.1) is 0 Å². The monoisotopic (exact) mass is 656 g/mol. The number of carboxylic acids is 1. The van der Waals surface area contributed by atoms with Crippen LogP contribution in [0.3, 0.4) is 0 Å². The van der Waals surface area contributed by atoms with Gasteiger partial charge in [-0.3, -0.25) is 38.5 Å². The molecular weight excluding hydrogens is 612 g/mol. The predicted molar refractivity (Wildman–Crippen MR) is 158 cm³/mol. The molecule has 1 unspecified atom stereocenters. The van der Waals surface area contributed by atoms with Gasteiger partial charge >= 0.3 is 5.97 Å². The first-order valence-corrected chi connectivity index (χ1v) is 14.7. The molecule has 7 N–H and O–H groups in total. The average molecular weight is 657 g/mol. The van der Waals surface area contributed by atoms with Crippen molar-refractivity contribution in [1.29, 1.82) is 0 Å². The van der Waals surface area contributed by atoms with Gasteiger partial charge in [-0.1, -0.05) is 13.8 Å². The number of ether oxygens (including phenoxy) is 3. The van der Waals surface area contributed by atoms with Crippen LogP contribution in [-0.2, 0) is 52.6 Å². The van der Waals surface area contributed by atoms with E-state index < -0.39 is 66.8 Å². The van der Waals surface area contributed by atoms with Gasteiger partial charge in [0.15, 0.2) is 0 Å². The lowest BCUT2D eigenvalue weighted by Gasteiger charge is -2.24. The van der Waals surface area contributed by atoms with Gasteiger partial charge in [0, 0.05) is 44.5 Å². The molecule has 0 fully saturated rings. The zero-order chi connectivity index (χ0) is 34.5.